The topological polar surface area (TPSA) is 53.5 Å². The second kappa shape index (κ2) is 9.14. The molecule has 2 rings (SSSR count). The molecule has 1 aliphatic rings. The second-order valence-corrected chi connectivity index (χ2v) is 8.63. The third-order valence-corrected chi connectivity index (χ3v) is 6.57. The molecule has 134 valence electrons. The molecule has 1 aliphatic carbocycles. The Morgan fingerprint density at radius 1 is 1.28 bits per heavy atom. The van der Waals surface area contributed by atoms with Gasteiger partial charge in [0.25, 0.3) is 5.91 Å². The lowest BCUT2D eigenvalue weighted by Gasteiger charge is -2.22. The van der Waals surface area contributed by atoms with Crippen LogP contribution in [0, 0.1) is 5.92 Å². The first-order valence-electron chi connectivity index (χ1n) is 7.84. The SMILES string of the molecule is C=C(C)C1CC=C(C)/C(=N\NC(=O)CNc2cc(Br)c(Br)cc2Br)C1. The minimum absolute atomic E-state index is 0.135. The van der Waals surface area contributed by atoms with Crippen molar-refractivity contribution in [2.45, 2.75) is 26.7 Å². The Kier molecular flexibility index (Phi) is 7.46. The number of hydrogen-bond donors (Lipinski definition) is 2. The number of hydrogen-bond acceptors (Lipinski definition) is 3. The van der Waals surface area contributed by atoms with Crippen LogP contribution in [0.15, 0.2) is 54.5 Å². The van der Waals surface area contributed by atoms with E-state index in [0.29, 0.717) is 5.92 Å². The predicted molar refractivity (Wildman–Crippen MR) is 115 cm³/mol. The first-order valence-corrected chi connectivity index (χ1v) is 10.2. The van der Waals surface area contributed by atoms with Crippen LogP contribution in [-0.2, 0) is 4.79 Å². The molecule has 25 heavy (non-hydrogen) atoms. The number of allylic oxidation sites excluding steroid dienone is 3. The van der Waals surface area contributed by atoms with E-state index in [1.165, 1.54) is 0 Å². The van der Waals surface area contributed by atoms with E-state index in [4.69, 9.17) is 0 Å². The van der Waals surface area contributed by atoms with E-state index < -0.39 is 0 Å². The smallest absolute Gasteiger partial charge is 0.259 e. The standard InChI is InChI=1S/C18H20Br3N3O/c1-10(2)12-5-4-11(3)16(6-12)23-24-18(25)9-22-17-8-14(20)13(19)7-15(17)21/h4,7-8,12,22H,1,5-6,9H2,2-3H3,(H,24,25)/b23-16-. The fraction of sp³-hybridized carbons (Fsp3) is 0.333. The van der Waals surface area contributed by atoms with Crippen LogP contribution in [0.4, 0.5) is 5.69 Å². The molecule has 0 radical (unpaired) electrons. The molecule has 0 bridgehead atoms. The van der Waals surface area contributed by atoms with Crippen molar-refractivity contribution in [1.29, 1.82) is 0 Å². The quantitative estimate of drug-likeness (QED) is 0.286. The van der Waals surface area contributed by atoms with Crippen molar-refractivity contribution in [1.82, 2.24) is 5.43 Å². The first kappa shape index (κ1) is 20.4. The Morgan fingerprint density at radius 2 is 1.96 bits per heavy atom. The summed E-state index contributed by atoms with van der Waals surface area (Å²) in [5.74, 6) is 0.206. The molecule has 4 nitrogen and oxygen atoms in total. The van der Waals surface area contributed by atoms with Crippen molar-refractivity contribution in [2.24, 2.45) is 11.0 Å². The molecular formula is C18H20Br3N3O. The number of rotatable bonds is 5. The number of hydrazone groups is 1. The molecule has 0 aromatic heterocycles. The maximum Gasteiger partial charge on any atom is 0.259 e. The maximum atomic E-state index is 12.1. The lowest BCUT2D eigenvalue weighted by molar-refractivity contribution is -0.119. The van der Waals surface area contributed by atoms with Gasteiger partial charge in [-0.2, -0.15) is 5.10 Å². The fourth-order valence-electron chi connectivity index (χ4n) is 2.43. The van der Waals surface area contributed by atoms with Crippen molar-refractivity contribution in [2.75, 3.05) is 11.9 Å². The molecule has 2 N–H and O–H groups in total. The van der Waals surface area contributed by atoms with Gasteiger partial charge in [0.15, 0.2) is 0 Å². The van der Waals surface area contributed by atoms with Gasteiger partial charge >= 0.3 is 0 Å². The zero-order valence-corrected chi connectivity index (χ0v) is 18.9. The molecular weight excluding hydrogens is 514 g/mol. The number of nitrogens with zero attached hydrogens (tertiary/aromatic N) is 1. The average molecular weight is 534 g/mol. The number of nitrogens with one attached hydrogen (secondary N) is 2. The minimum atomic E-state index is -0.191. The van der Waals surface area contributed by atoms with E-state index in [0.717, 1.165) is 48.8 Å². The van der Waals surface area contributed by atoms with Gasteiger partial charge in [-0.3, -0.25) is 4.79 Å². The lowest BCUT2D eigenvalue weighted by Crippen LogP contribution is -2.28. The number of benzene rings is 1. The van der Waals surface area contributed by atoms with Gasteiger partial charge in [0, 0.05) is 13.4 Å². The third kappa shape index (κ3) is 5.79. The molecule has 0 spiro atoms. The number of halogens is 3. The highest BCUT2D eigenvalue weighted by atomic mass is 79.9. The first-order chi connectivity index (χ1) is 11.8. The Hall–Kier alpha value is -0.920. The van der Waals surface area contributed by atoms with Gasteiger partial charge in [0.1, 0.15) is 0 Å². The fourth-order valence-corrected chi connectivity index (χ4v) is 3.90. The number of amides is 1. The lowest BCUT2D eigenvalue weighted by atomic mass is 9.85. The van der Waals surface area contributed by atoms with Crippen molar-refractivity contribution >= 4 is 65.1 Å². The van der Waals surface area contributed by atoms with Crippen LogP contribution in [0.2, 0.25) is 0 Å². The Morgan fingerprint density at radius 3 is 2.64 bits per heavy atom. The largest absolute Gasteiger partial charge is 0.375 e. The van der Waals surface area contributed by atoms with Crippen LogP contribution < -0.4 is 10.7 Å². The summed E-state index contributed by atoms with van der Waals surface area (Å²) in [4.78, 5) is 12.1. The van der Waals surface area contributed by atoms with Crippen LogP contribution in [0.1, 0.15) is 26.7 Å². The van der Waals surface area contributed by atoms with E-state index in [-0.39, 0.29) is 12.5 Å². The molecule has 7 heteroatoms. The molecule has 1 aromatic carbocycles. The molecule has 0 saturated carbocycles. The number of anilines is 1. The van der Waals surface area contributed by atoms with Gasteiger partial charge in [-0.1, -0.05) is 18.2 Å². The second-order valence-electron chi connectivity index (χ2n) is 6.06. The van der Waals surface area contributed by atoms with Gasteiger partial charge in [-0.15, -0.1) is 0 Å². The highest BCUT2D eigenvalue weighted by Crippen LogP contribution is 2.32. The molecule has 0 heterocycles. The van der Waals surface area contributed by atoms with Crippen LogP contribution in [0.3, 0.4) is 0 Å². The Labute approximate surface area is 173 Å². The minimum Gasteiger partial charge on any atom is -0.375 e. The van der Waals surface area contributed by atoms with E-state index in [1.807, 2.05) is 26.0 Å². The maximum absolute atomic E-state index is 12.1. The van der Waals surface area contributed by atoms with Gasteiger partial charge < -0.3 is 5.32 Å². The summed E-state index contributed by atoms with van der Waals surface area (Å²) in [6, 6.07) is 3.82. The third-order valence-electron chi connectivity index (χ3n) is 4.07. The molecule has 0 saturated heterocycles. The molecule has 1 aromatic rings. The van der Waals surface area contributed by atoms with E-state index >= 15 is 0 Å². The monoisotopic (exact) mass is 531 g/mol. The van der Waals surface area contributed by atoms with Crippen molar-refractivity contribution in [3.8, 4) is 0 Å². The molecule has 0 fully saturated rings. The summed E-state index contributed by atoms with van der Waals surface area (Å²) in [6.45, 7) is 8.22. The van der Waals surface area contributed by atoms with Crippen LogP contribution >= 0.6 is 47.8 Å². The summed E-state index contributed by atoms with van der Waals surface area (Å²) < 4.78 is 2.72. The van der Waals surface area contributed by atoms with E-state index in [1.54, 1.807) is 0 Å². The molecule has 0 aliphatic heterocycles. The zero-order chi connectivity index (χ0) is 18.6. The van der Waals surface area contributed by atoms with Crippen molar-refractivity contribution < 1.29 is 4.79 Å². The van der Waals surface area contributed by atoms with Crippen LogP contribution in [0.25, 0.3) is 0 Å². The zero-order valence-electron chi connectivity index (χ0n) is 14.1. The molecule has 1 unspecified atom stereocenters. The van der Waals surface area contributed by atoms with E-state index in [9.17, 15) is 4.79 Å². The Bertz CT molecular complexity index is 756. The van der Waals surface area contributed by atoms with Crippen molar-refractivity contribution in [3.63, 3.8) is 0 Å². The molecule has 1 amide bonds. The van der Waals surface area contributed by atoms with Crippen molar-refractivity contribution in [3.05, 3.63) is 49.4 Å². The normalized spacial score (nSPS) is 18.7. The average Bonchev–Trinajstić information content (AvgIpc) is 2.56. The number of carbonyl (C=O) groups excluding carboxylic acids is 1. The van der Waals surface area contributed by atoms with E-state index in [2.05, 4.69) is 76.3 Å². The summed E-state index contributed by atoms with van der Waals surface area (Å²) in [5.41, 5.74) is 6.65. The highest BCUT2D eigenvalue weighted by molar-refractivity contribution is 9.13. The van der Waals surface area contributed by atoms with Crippen LogP contribution in [-0.4, -0.2) is 18.2 Å². The summed E-state index contributed by atoms with van der Waals surface area (Å²) in [7, 11) is 0. The number of carbonyl (C=O) groups is 1. The Balaban J connectivity index is 1.94. The summed E-state index contributed by atoms with van der Waals surface area (Å²) in [5, 5.41) is 7.40. The summed E-state index contributed by atoms with van der Waals surface area (Å²) in [6.07, 6.45) is 3.96. The highest BCUT2D eigenvalue weighted by Gasteiger charge is 2.18. The summed E-state index contributed by atoms with van der Waals surface area (Å²) >= 11 is 10.4. The van der Waals surface area contributed by atoms with Gasteiger partial charge in [0.2, 0.25) is 0 Å². The van der Waals surface area contributed by atoms with Gasteiger partial charge in [-0.25, -0.2) is 5.43 Å². The van der Waals surface area contributed by atoms with Gasteiger partial charge in [0.05, 0.1) is 17.9 Å². The predicted octanol–water partition coefficient (Wildman–Crippen LogP) is 5.79. The van der Waals surface area contributed by atoms with Crippen LogP contribution in [0.5, 0.6) is 0 Å². The molecule has 1 atom stereocenters. The van der Waals surface area contributed by atoms with Gasteiger partial charge in [-0.05, 0) is 98.1 Å².